The fourth-order valence-corrected chi connectivity index (χ4v) is 9.01. The number of rotatable bonds is 8. The van der Waals surface area contributed by atoms with E-state index in [1.54, 1.807) is 0 Å². The van der Waals surface area contributed by atoms with E-state index in [-0.39, 0.29) is 16.1 Å². The highest BCUT2D eigenvalue weighted by Gasteiger charge is 2.50. The Morgan fingerprint density at radius 3 is 1.89 bits per heavy atom. The summed E-state index contributed by atoms with van der Waals surface area (Å²) < 4.78 is 6.88. The quantitative estimate of drug-likeness (QED) is 0.591. The predicted molar refractivity (Wildman–Crippen MR) is 120 cm³/mol. The Hall–Kier alpha value is -1.36. The van der Waals surface area contributed by atoms with E-state index < -0.39 is 8.32 Å². The van der Waals surface area contributed by atoms with Gasteiger partial charge in [0.05, 0.1) is 0 Å². The van der Waals surface area contributed by atoms with Crippen LogP contribution < -0.4 is 10.4 Å². The number of thioether (sulfide) groups is 1. The van der Waals surface area contributed by atoms with Gasteiger partial charge < -0.3 is 4.43 Å². The van der Waals surface area contributed by atoms with Crippen LogP contribution in [0.15, 0.2) is 60.7 Å². The fraction of sp³-hybridized carbons (Fsp3) is 0.435. The Kier molecular flexibility index (Phi) is 7.89. The van der Waals surface area contributed by atoms with Crippen molar-refractivity contribution in [1.29, 1.82) is 0 Å². The van der Waals surface area contributed by atoms with Gasteiger partial charge in [0.15, 0.2) is 5.12 Å². The highest BCUT2D eigenvalue weighted by Crippen LogP contribution is 2.37. The molecule has 0 aliphatic carbocycles. The van der Waals surface area contributed by atoms with E-state index in [0.717, 1.165) is 5.75 Å². The lowest BCUT2D eigenvalue weighted by molar-refractivity contribution is -0.111. The van der Waals surface area contributed by atoms with E-state index in [1.807, 2.05) is 6.92 Å². The lowest BCUT2D eigenvalue weighted by Crippen LogP contribution is -2.66. The molecule has 0 radical (unpaired) electrons. The molecule has 0 heterocycles. The number of hydrogen-bond acceptors (Lipinski definition) is 3. The summed E-state index contributed by atoms with van der Waals surface area (Å²) >= 11 is 1.41. The van der Waals surface area contributed by atoms with Gasteiger partial charge in [0.2, 0.25) is 0 Å². The second-order valence-electron chi connectivity index (χ2n) is 8.09. The van der Waals surface area contributed by atoms with E-state index >= 15 is 0 Å². The van der Waals surface area contributed by atoms with Crippen LogP contribution in [0.5, 0.6) is 0 Å². The fourth-order valence-electron chi connectivity index (χ4n) is 3.59. The summed E-state index contributed by atoms with van der Waals surface area (Å²) in [5.74, 6) is 1.04. The van der Waals surface area contributed by atoms with Crippen molar-refractivity contribution >= 4 is 35.6 Å². The Labute approximate surface area is 169 Å². The second-order valence-corrected chi connectivity index (χ2v) is 13.7. The second kappa shape index (κ2) is 9.72. The van der Waals surface area contributed by atoms with Crippen LogP contribution >= 0.6 is 11.8 Å². The largest absolute Gasteiger partial charge is 0.407 e. The first-order valence-electron chi connectivity index (χ1n) is 9.72. The Morgan fingerprint density at radius 2 is 1.48 bits per heavy atom. The maximum absolute atomic E-state index is 12.0. The predicted octanol–water partition coefficient (Wildman–Crippen LogP) is 4.87. The lowest BCUT2D eigenvalue weighted by atomic mass is 10.1. The standard InChI is InChI=1S/C23H32O2SSi/c1-6-26-22(24)17-19(2)18-25-27(23(3,4)5,20-13-9-7-10-14-20)21-15-11-8-12-16-21/h7-16,19H,6,17-18H2,1-5H3/t19-/m1/s1. The van der Waals surface area contributed by atoms with Gasteiger partial charge in [-0.15, -0.1) is 0 Å². The van der Waals surface area contributed by atoms with Gasteiger partial charge in [-0.25, -0.2) is 0 Å². The molecule has 4 heteroatoms. The molecule has 2 rings (SSSR count). The third-order valence-corrected chi connectivity index (χ3v) is 10.6. The minimum absolute atomic E-state index is 0.0302. The molecule has 0 amide bonds. The molecule has 0 aliphatic heterocycles. The van der Waals surface area contributed by atoms with Crippen LogP contribution in [-0.2, 0) is 9.22 Å². The van der Waals surface area contributed by atoms with Crippen molar-refractivity contribution in [1.82, 2.24) is 0 Å². The van der Waals surface area contributed by atoms with Crippen LogP contribution in [0, 0.1) is 5.92 Å². The summed E-state index contributed by atoms with van der Waals surface area (Å²) in [6.07, 6.45) is 0.566. The van der Waals surface area contributed by atoms with Crippen LogP contribution in [-0.4, -0.2) is 25.8 Å². The van der Waals surface area contributed by atoms with Gasteiger partial charge in [0, 0.05) is 13.0 Å². The molecule has 0 saturated carbocycles. The molecular formula is C23H32O2SSi. The highest BCUT2D eigenvalue weighted by molar-refractivity contribution is 8.13. The lowest BCUT2D eigenvalue weighted by Gasteiger charge is -2.43. The van der Waals surface area contributed by atoms with Gasteiger partial charge >= 0.3 is 0 Å². The zero-order valence-electron chi connectivity index (χ0n) is 17.2. The van der Waals surface area contributed by atoms with Crippen LogP contribution in [0.25, 0.3) is 0 Å². The van der Waals surface area contributed by atoms with Crippen LogP contribution in [0.3, 0.4) is 0 Å². The smallest absolute Gasteiger partial charge is 0.261 e. The summed E-state index contributed by atoms with van der Waals surface area (Å²) in [5, 5.41) is 2.80. The third kappa shape index (κ3) is 5.34. The maximum Gasteiger partial charge on any atom is 0.261 e. The minimum atomic E-state index is -2.50. The molecule has 0 bridgehead atoms. The van der Waals surface area contributed by atoms with Crippen molar-refractivity contribution in [3.05, 3.63) is 60.7 Å². The van der Waals surface area contributed by atoms with E-state index in [1.165, 1.54) is 22.1 Å². The molecule has 2 nitrogen and oxygen atoms in total. The zero-order chi connectivity index (χ0) is 19.9. The van der Waals surface area contributed by atoms with E-state index in [9.17, 15) is 4.79 Å². The number of carbonyl (C=O) groups excluding carboxylic acids is 1. The molecule has 0 aliphatic rings. The SMILES string of the molecule is CCSC(=O)C[C@@H](C)CO[Si](c1ccccc1)(c1ccccc1)C(C)(C)C. The van der Waals surface area contributed by atoms with Crippen molar-refractivity contribution in [3.63, 3.8) is 0 Å². The molecule has 146 valence electrons. The Balaban J connectivity index is 2.39. The van der Waals surface area contributed by atoms with Gasteiger partial charge in [-0.05, 0) is 27.1 Å². The number of benzene rings is 2. The molecule has 1 atom stereocenters. The van der Waals surface area contributed by atoms with Crippen molar-refractivity contribution < 1.29 is 9.22 Å². The van der Waals surface area contributed by atoms with Crippen molar-refractivity contribution in [2.24, 2.45) is 5.92 Å². The van der Waals surface area contributed by atoms with Crippen LogP contribution in [0.2, 0.25) is 5.04 Å². The summed E-state index contributed by atoms with van der Waals surface area (Å²) in [4.78, 5) is 12.0. The molecule has 27 heavy (non-hydrogen) atoms. The molecule has 0 aromatic heterocycles. The van der Waals surface area contributed by atoms with Crippen molar-refractivity contribution in [3.8, 4) is 0 Å². The maximum atomic E-state index is 12.0. The van der Waals surface area contributed by atoms with Crippen LogP contribution in [0.4, 0.5) is 0 Å². The van der Waals surface area contributed by atoms with E-state index in [0.29, 0.717) is 13.0 Å². The molecule has 0 unspecified atom stereocenters. The van der Waals surface area contributed by atoms with Gasteiger partial charge in [0.25, 0.3) is 8.32 Å². The first-order valence-corrected chi connectivity index (χ1v) is 12.6. The summed E-state index contributed by atoms with van der Waals surface area (Å²) in [7, 11) is -2.50. The molecule has 0 saturated heterocycles. The Bertz CT molecular complexity index is 671. The highest BCUT2D eigenvalue weighted by atomic mass is 32.2. The summed E-state index contributed by atoms with van der Waals surface area (Å²) in [6, 6.07) is 21.3. The first-order chi connectivity index (χ1) is 12.8. The summed E-state index contributed by atoms with van der Waals surface area (Å²) in [6.45, 7) is 11.6. The molecule has 2 aromatic carbocycles. The molecular weight excluding hydrogens is 368 g/mol. The zero-order valence-corrected chi connectivity index (χ0v) is 19.0. The average molecular weight is 401 g/mol. The third-order valence-electron chi connectivity index (χ3n) is 4.82. The van der Waals surface area contributed by atoms with Gasteiger partial charge in [-0.1, -0.05) is 107 Å². The Morgan fingerprint density at radius 1 is 1.00 bits per heavy atom. The van der Waals surface area contributed by atoms with Gasteiger partial charge in [0.1, 0.15) is 0 Å². The first kappa shape index (κ1) is 21.9. The minimum Gasteiger partial charge on any atom is -0.407 e. The van der Waals surface area contributed by atoms with Gasteiger partial charge in [-0.2, -0.15) is 0 Å². The summed E-state index contributed by atoms with van der Waals surface area (Å²) in [5.41, 5.74) is 0. The normalized spacial score (nSPS) is 13.4. The van der Waals surface area contributed by atoms with E-state index in [4.69, 9.17) is 4.43 Å². The number of hydrogen-bond donors (Lipinski definition) is 0. The van der Waals surface area contributed by atoms with Crippen molar-refractivity contribution in [2.75, 3.05) is 12.4 Å². The monoisotopic (exact) mass is 400 g/mol. The average Bonchev–Trinajstić information content (AvgIpc) is 2.63. The van der Waals surface area contributed by atoms with Gasteiger partial charge in [-0.3, -0.25) is 4.79 Å². The topological polar surface area (TPSA) is 26.3 Å². The molecule has 0 N–H and O–H groups in total. The molecule has 2 aromatic rings. The van der Waals surface area contributed by atoms with Crippen LogP contribution in [0.1, 0.15) is 41.0 Å². The molecule has 0 fully saturated rings. The van der Waals surface area contributed by atoms with E-state index in [2.05, 4.69) is 88.4 Å². The molecule has 0 spiro atoms. The number of carbonyl (C=O) groups is 1. The van der Waals surface area contributed by atoms with Crippen molar-refractivity contribution in [2.45, 2.75) is 46.1 Å².